The zero-order chi connectivity index (χ0) is 25.0. The topological polar surface area (TPSA) is 143 Å². The van der Waals surface area contributed by atoms with Crippen LogP contribution in [0.1, 0.15) is 28.2 Å². The van der Waals surface area contributed by atoms with Crippen LogP contribution in [-0.4, -0.2) is 90.2 Å². The number of hydrogen-bond donors (Lipinski definition) is 3. The lowest BCUT2D eigenvalue weighted by atomic mass is 10.5. The fourth-order valence-electron chi connectivity index (χ4n) is 2.54. The number of ether oxygens (including phenoxy) is 1. The van der Waals surface area contributed by atoms with Gasteiger partial charge in [-0.15, -0.1) is 0 Å². The summed E-state index contributed by atoms with van der Waals surface area (Å²) in [5.74, 6) is 0. The quantitative estimate of drug-likeness (QED) is 0.253. The van der Waals surface area contributed by atoms with E-state index in [1.807, 2.05) is 24.3 Å². The summed E-state index contributed by atoms with van der Waals surface area (Å²) in [6.07, 6.45) is 13.6. The van der Waals surface area contributed by atoms with Gasteiger partial charge in [0, 0.05) is 37.0 Å². The molecule has 9 nitrogen and oxygen atoms in total. The van der Waals surface area contributed by atoms with E-state index < -0.39 is 28.2 Å². The van der Waals surface area contributed by atoms with E-state index in [9.17, 15) is 13.7 Å². The van der Waals surface area contributed by atoms with Gasteiger partial charge in [-0.2, -0.15) is 0 Å². The average molecular weight is 544 g/mol. The van der Waals surface area contributed by atoms with Gasteiger partial charge in [-0.05, 0) is 20.8 Å². The van der Waals surface area contributed by atoms with E-state index in [0.29, 0.717) is 43.1 Å². The molecule has 0 bridgehead atoms. The lowest BCUT2D eigenvalue weighted by Gasteiger charge is -2.16. The van der Waals surface area contributed by atoms with Crippen LogP contribution in [0.5, 0.6) is 0 Å². The largest absolute Gasteiger partial charge is 0.394 e. The molecule has 12 heteroatoms. The summed E-state index contributed by atoms with van der Waals surface area (Å²) in [6.45, 7) is 6.50. The molecule has 0 aliphatic carbocycles. The average Bonchev–Trinajstić information content (AvgIpc) is 3.10. The Morgan fingerprint density at radius 3 is 1.59 bits per heavy atom. The summed E-state index contributed by atoms with van der Waals surface area (Å²) in [6, 6.07) is 0. The van der Waals surface area contributed by atoms with E-state index in [0.717, 1.165) is 6.61 Å². The molecule has 3 unspecified atom stereocenters. The standard InChI is InChI=1S/2C7H13O3P.C4H7O2P.C3H6O.CH4/c1-7(8)6-10-11(9)4-2-3-5-11;1-7(6-8)10-11(9)4-2-3-5-11;5-7(6)3-1-2-4-7;1-3-2-4-3;/h2*2-3,7-8H,4-6H2,1H3;1-2H,3-4H2,(H,5,6);3H,2H2,1H3;1H4. The summed E-state index contributed by atoms with van der Waals surface area (Å²) in [4.78, 5) is 8.69. The molecule has 0 aromatic rings. The lowest BCUT2D eigenvalue weighted by molar-refractivity contribution is 0.124. The maximum atomic E-state index is 11.6. The van der Waals surface area contributed by atoms with Crippen molar-refractivity contribution in [3.05, 3.63) is 36.5 Å². The first-order valence-electron chi connectivity index (χ1n) is 11.0. The molecular formula is C22H43O9P3. The van der Waals surface area contributed by atoms with Gasteiger partial charge in [0.2, 0.25) is 22.1 Å². The Labute approximate surface area is 204 Å². The van der Waals surface area contributed by atoms with E-state index in [4.69, 9.17) is 28.9 Å². The van der Waals surface area contributed by atoms with Crippen LogP contribution in [0.3, 0.4) is 0 Å². The number of epoxide rings is 1. The molecule has 0 radical (unpaired) electrons. The van der Waals surface area contributed by atoms with Gasteiger partial charge in [0.15, 0.2) is 0 Å². The third-order valence-corrected chi connectivity index (χ3v) is 10.5. The predicted octanol–water partition coefficient (Wildman–Crippen LogP) is 4.33. The molecule has 1 saturated heterocycles. The molecule has 0 spiro atoms. The Balaban J connectivity index is 0.000000445. The SMILES string of the molecule is C.CC(CO)OP1(=O)CC=CC1.CC(O)COP1(=O)CC=CC1.CC1CO1.O=P1(O)CC=CC1. The van der Waals surface area contributed by atoms with Crippen molar-refractivity contribution < 1.29 is 42.6 Å². The molecule has 200 valence electrons. The summed E-state index contributed by atoms with van der Waals surface area (Å²) in [5.41, 5.74) is 0. The second-order valence-corrected chi connectivity index (χ2v) is 16.0. The summed E-state index contributed by atoms with van der Waals surface area (Å²) in [5, 5.41) is 17.5. The number of allylic oxidation sites excluding steroid dienone is 6. The van der Waals surface area contributed by atoms with Crippen LogP contribution in [0.4, 0.5) is 0 Å². The van der Waals surface area contributed by atoms with Gasteiger partial charge in [0.25, 0.3) is 0 Å². The van der Waals surface area contributed by atoms with Gasteiger partial charge in [-0.25, -0.2) is 0 Å². The number of aliphatic hydroxyl groups excluding tert-OH is 2. The summed E-state index contributed by atoms with van der Waals surface area (Å²) in [7, 11) is -7.46. The van der Waals surface area contributed by atoms with Crippen molar-refractivity contribution in [2.24, 2.45) is 0 Å². The first kappa shape index (κ1) is 33.7. The molecule has 3 atom stereocenters. The number of aliphatic hydroxyl groups is 2. The van der Waals surface area contributed by atoms with Crippen molar-refractivity contribution in [3.8, 4) is 0 Å². The van der Waals surface area contributed by atoms with Crippen LogP contribution in [0.25, 0.3) is 0 Å². The molecule has 0 aromatic carbocycles. The highest BCUT2D eigenvalue weighted by Gasteiger charge is 2.26. The number of hydrogen-bond acceptors (Lipinski definition) is 8. The minimum absolute atomic E-state index is 0. The Kier molecular flexibility index (Phi) is 16.3. The van der Waals surface area contributed by atoms with Gasteiger partial charge in [0.1, 0.15) is 0 Å². The second-order valence-electron chi connectivity index (χ2n) is 8.37. The Morgan fingerprint density at radius 2 is 1.29 bits per heavy atom. The van der Waals surface area contributed by atoms with Crippen molar-refractivity contribution in [2.75, 3.05) is 56.8 Å². The van der Waals surface area contributed by atoms with Crippen molar-refractivity contribution >= 4 is 22.1 Å². The Bertz CT molecular complexity index is 767. The molecule has 0 saturated carbocycles. The third kappa shape index (κ3) is 16.4. The second kappa shape index (κ2) is 16.4. The zero-order valence-electron chi connectivity index (χ0n) is 19.7. The van der Waals surface area contributed by atoms with Crippen molar-refractivity contribution in [2.45, 2.75) is 46.5 Å². The van der Waals surface area contributed by atoms with Gasteiger partial charge in [-0.3, -0.25) is 13.7 Å². The van der Waals surface area contributed by atoms with E-state index in [1.54, 1.807) is 26.0 Å². The van der Waals surface area contributed by atoms with Gasteiger partial charge in [-0.1, -0.05) is 43.9 Å². The molecule has 4 rings (SSSR count). The fraction of sp³-hybridized carbons (Fsp3) is 0.727. The van der Waals surface area contributed by atoms with Crippen molar-refractivity contribution in [1.82, 2.24) is 0 Å². The first-order chi connectivity index (χ1) is 15.4. The first-order valence-corrected chi connectivity index (χ1v) is 17.1. The van der Waals surface area contributed by atoms with Crippen molar-refractivity contribution in [1.29, 1.82) is 0 Å². The highest BCUT2D eigenvalue weighted by molar-refractivity contribution is 7.60. The summed E-state index contributed by atoms with van der Waals surface area (Å²) >= 11 is 0. The molecule has 34 heavy (non-hydrogen) atoms. The number of rotatable bonds is 6. The Morgan fingerprint density at radius 1 is 0.912 bits per heavy atom. The van der Waals surface area contributed by atoms with Crippen LogP contribution in [0.2, 0.25) is 0 Å². The summed E-state index contributed by atoms with van der Waals surface area (Å²) < 4.78 is 48.6. The maximum Gasteiger partial charge on any atom is 0.210 e. The van der Waals surface area contributed by atoms with Crippen molar-refractivity contribution in [3.63, 3.8) is 0 Å². The monoisotopic (exact) mass is 544 g/mol. The van der Waals surface area contributed by atoms with E-state index in [2.05, 4.69) is 6.92 Å². The van der Waals surface area contributed by atoms with Crippen LogP contribution in [-0.2, 0) is 27.5 Å². The minimum atomic E-state index is -2.65. The van der Waals surface area contributed by atoms with E-state index in [-0.39, 0.29) is 26.7 Å². The van der Waals surface area contributed by atoms with Crippen LogP contribution < -0.4 is 0 Å². The smallest absolute Gasteiger partial charge is 0.210 e. The normalized spacial score (nSPS) is 25.4. The van der Waals surface area contributed by atoms with E-state index in [1.165, 1.54) is 0 Å². The highest BCUT2D eigenvalue weighted by atomic mass is 31.2. The third-order valence-electron chi connectivity index (χ3n) is 4.50. The molecule has 0 aromatic heterocycles. The lowest BCUT2D eigenvalue weighted by Crippen LogP contribution is -2.11. The molecule has 4 aliphatic rings. The molecule has 1 fully saturated rings. The van der Waals surface area contributed by atoms with Crippen LogP contribution in [0.15, 0.2) is 36.5 Å². The molecule has 4 heterocycles. The molecule has 3 N–H and O–H groups in total. The molecule has 0 amide bonds. The molecule has 4 aliphatic heterocycles. The van der Waals surface area contributed by atoms with Gasteiger partial charge >= 0.3 is 0 Å². The van der Waals surface area contributed by atoms with Crippen LogP contribution in [0, 0.1) is 0 Å². The van der Waals surface area contributed by atoms with E-state index >= 15 is 0 Å². The van der Waals surface area contributed by atoms with Crippen LogP contribution >= 0.6 is 22.1 Å². The highest BCUT2D eigenvalue weighted by Crippen LogP contribution is 2.51. The van der Waals surface area contributed by atoms with Gasteiger partial charge in [0.05, 0.1) is 38.1 Å². The predicted molar refractivity (Wildman–Crippen MR) is 139 cm³/mol. The minimum Gasteiger partial charge on any atom is -0.394 e. The fourth-order valence-corrected chi connectivity index (χ4v) is 7.41. The zero-order valence-corrected chi connectivity index (χ0v) is 22.4. The Hall–Kier alpha value is -0.330. The maximum absolute atomic E-state index is 11.6. The molecular weight excluding hydrogens is 501 g/mol. The van der Waals surface area contributed by atoms with Gasteiger partial charge < -0.3 is 28.9 Å².